The summed E-state index contributed by atoms with van der Waals surface area (Å²) in [6.07, 6.45) is 0. The van der Waals surface area contributed by atoms with Crippen LogP contribution in [0.4, 0.5) is 0 Å². The van der Waals surface area contributed by atoms with Gasteiger partial charge in [0, 0.05) is 4.47 Å². The molecular weight excluding hydrogens is 290 g/mol. The summed E-state index contributed by atoms with van der Waals surface area (Å²) in [4.78, 5) is 0. The van der Waals surface area contributed by atoms with Crippen LogP contribution in [-0.2, 0) is 18.0 Å². The molecule has 0 amide bonds. The number of ether oxygens (including phenoxy) is 1. The van der Waals surface area contributed by atoms with Gasteiger partial charge in [-0.1, -0.05) is 46.3 Å². The molecule has 0 aliphatic heterocycles. The van der Waals surface area contributed by atoms with E-state index in [4.69, 9.17) is 10.00 Å². The van der Waals surface area contributed by atoms with Crippen LogP contribution in [0.2, 0.25) is 0 Å². The van der Waals surface area contributed by atoms with Crippen molar-refractivity contribution in [3.05, 3.63) is 69.7 Å². The van der Waals surface area contributed by atoms with E-state index in [1.807, 2.05) is 36.4 Å². The molecule has 2 rings (SSSR count). The fourth-order valence-corrected chi connectivity index (χ4v) is 1.97. The Hall–Kier alpha value is -1.63. The van der Waals surface area contributed by atoms with Gasteiger partial charge >= 0.3 is 0 Å². The average Bonchev–Trinajstić information content (AvgIpc) is 2.42. The second kappa shape index (κ2) is 6.34. The number of rotatable bonds is 4. The van der Waals surface area contributed by atoms with Crippen molar-refractivity contribution in [2.24, 2.45) is 0 Å². The Morgan fingerprint density at radius 3 is 2.39 bits per heavy atom. The maximum atomic E-state index is 8.70. The minimum absolute atomic E-state index is 0.549. The van der Waals surface area contributed by atoms with Crippen molar-refractivity contribution in [2.45, 2.75) is 13.2 Å². The number of nitriles is 1. The summed E-state index contributed by atoms with van der Waals surface area (Å²) in [7, 11) is 0. The summed E-state index contributed by atoms with van der Waals surface area (Å²) in [5, 5.41) is 8.70. The molecule has 0 atom stereocenters. The Kier molecular flexibility index (Phi) is 4.52. The molecule has 2 aromatic rings. The number of halogens is 1. The van der Waals surface area contributed by atoms with Crippen molar-refractivity contribution in [1.29, 1.82) is 5.26 Å². The van der Waals surface area contributed by atoms with Crippen LogP contribution in [0.3, 0.4) is 0 Å². The van der Waals surface area contributed by atoms with Crippen LogP contribution in [0.25, 0.3) is 0 Å². The van der Waals surface area contributed by atoms with Gasteiger partial charge in [0.05, 0.1) is 24.8 Å². The van der Waals surface area contributed by atoms with Crippen molar-refractivity contribution < 1.29 is 4.74 Å². The summed E-state index contributed by atoms with van der Waals surface area (Å²) in [5.74, 6) is 0. The van der Waals surface area contributed by atoms with E-state index in [0.717, 1.165) is 15.6 Å². The minimum atomic E-state index is 0.549. The van der Waals surface area contributed by atoms with Crippen molar-refractivity contribution in [3.8, 4) is 6.07 Å². The Labute approximate surface area is 115 Å². The molecular formula is C15H12BrNO. The Morgan fingerprint density at radius 1 is 1.00 bits per heavy atom. The molecule has 0 N–H and O–H groups in total. The number of hydrogen-bond donors (Lipinski definition) is 0. The molecule has 0 radical (unpaired) electrons. The standard InChI is InChI=1S/C15H12BrNO/c16-15-4-2-1-3-14(15)11-18-10-13-7-5-12(9-17)6-8-13/h1-8H,10-11H2. The number of hydrogen-bond acceptors (Lipinski definition) is 2. The number of benzene rings is 2. The van der Waals surface area contributed by atoms with Crippen LogP contribution < -0.4 is 0 Å². The van der Waals surface area contributed by atoms with Crippen LogP contribution in [0.1, 0.15) is 16.7 Å². The molecule has 0 aromatic heterocycles. The molecule has 0 saturated carbocycles. The maximum absolute atomic E-state index is 8.70. The van der Waals surface area contributed by atoms with Crippen molar-refractivity contribution in [3.63, 3.8) is 0 Å². The van der Waals surface area contributed by atoms with Crippen molar-refractivity contribution >= 4 is 15.9 Å². The van der Waals surface area contributed by atoms with E-state index in [-0.39, 0.29) is 0 Å². The molecule has 18 heavy (non-hydrogen) atoms. The largest absolute Gasteiger partial charge is 0.372 e. The first kappa shape index (κ1) is 12.8. The van der Waals surface area contributed by atoms with Crippen LogP contribution in [-0.4, -0.2) is 0 Å². The zero-order chi connectivity index (χ0) is 12.8. The highest BCUT2D eigenvalue weighted by Gasteiger charge is 1.99. The molecule has 0 unspecified atom stereocenters. The molecule has 0 fully saturated rings. The van der Waals surface area contributed by atoms with Gasteiger partial charge in [-0.05, 0) is 29.3 Å². The first-order chi connectivity index (χ1) is 8.79. The molecule has 2 aromatic carbocycles. The monoisotopic (exact) mass is 301 g/mol. The van der Waals surface area contributed by atoms with Crippen LogP contribution in [0.5, 0.6) is 0 Å². The quantitative estimate of drug-likeness (QED) is 0.854. The fourth-order valence-electron chi connectivity index (χ4n) is 1.57. The normalized spacial score (nSPS) is 10.0. The van der Waals surface area contributed by atoms with Crippen molar-refractivity contribution in [1.82, 2.24) is 0 Å². The third-order valence-corrected chi connectivity index (χ3v) is 3.34. The summed E-state index contributed by atoms with van der Waals surface area (Å²) in [6, 6.07) is 17.5. The summed E-state index contributed by atoms with van der Waals surface area (Å²) in [5.41, 5.74) is 2.87. The second-order valence-corrected chi connectivity index (χ2v) is 4.75. The SMILES string of the molecule is N#Cc1ccc(COCc2ccccc2Br)cc1. The fraction of sp³-hybridized carbons (Fsp3) is 0.133. The van der Waals surface area contributed by atoms with E-state index in [1.54, 1.807) is 12.1 Å². The van der Waals surface area contributed by atoms with Gasteiger partial charge in [0.1, 0.15) is 0 Å². The average molecular weight is 302 g/mol. The smallest absolute Gasteiger partial charge is 0.0991 e. The highest BCUT2D eigenvalue weighted by atomic mass is 79.9. The molecule has 0 saturated heterocycles. The Balaban J connectivity index is 1.89. The minimum Gasteiger partial charge on any atom is -0.372 e. The van der Waals surface area contributed by atoms with E-state index in [0.29, 0.717) is 18.8 Å². The highest BCUT2D eigenvalue weighted by molar-refractivity contribution is 9.10. The molecule has 0 heterocycles. The lowest BCUT2D eigenvalue weighted by molar-refractivity contribution is 0.107. The van der Waals surface area contributed by atoms with Gasteiger partial charge in [-0.25, -0.2) is 0 Å². The van der Waals surface area contributed by atoms with Gasteiger partial charge in [-0.3, -0.25) is 0 Å². The lowest BCUT2D eigenvalue weighted by Gasteiger charge is -2.06. The zero-order valence-electron chi connectivity index (χ0n) is 9.77. The Bertz CT molecular complexity index is 557. The van der Waals surface area contributed by atoms with Gasteiger partial charge in [0.15, 0.2) is 0 Å². The van der Waals surface area contributed by atoms with Crippen molar-refractivity contribution in [2.75, 3.05) is 0 Å². The lowest BCUT2D eigenvalue weighted by Crippen LogP contribution is -1.95. The predicted molar refractivity (Wildman–Crippen MR) is 73.8 cm³/mol. The van der Waals surface area contributed by atoms with E-state index < -0.39 is 0 Å². The lowest BCUT2D eigenvalue weighted by atomic mass is 10.1. The zero-order valence-corrected chi connectivity index (χ0v) is 11.4. The molecule has 0 aliphatic rings. The van der Waals surface area contributed by atoms with Gasteiger partial charge in [0.25, 0.3) is 0 Å². The van der Waals surface area contributed by atoms with E-state index in [1.165, 1.54) is 0 Å². The third-order valence-electron chi connectivity index (χ3n) is 2.57. The molecule has 3 heteroatoms. The van der Waals surface area contributed by atoms with E-state index in [2.05, 4.69) is 22.0 Å². The molecule has 90 valence electrons. The van der Waals surface area contributed by atoms with Gasteiger partial charge in [-0.2, -0.15) is 5.26 Å². The Morgan fingerprint density at radius 2 is 1.72 bits per heavy atom. The van der Waals surface area contributed by atoms with Gasteiger partial charge in [-0.15, -0.1) is 0 Å². The molecule has 0 aliphatic carbocycles. The predicted octanol–water partition coefficient (Wildman–Crippen LogP) is 4.04. The molecule has 2 nitrogen and oxygen atoms in total. The van der Waals surface area contributed by atoms with Crippen LogP contribution in [0, 0.1) is 11.3 Å². The third kappa shape index (κ3) is 3.43. The van der Waals surface area contributed by atoms with Gasteiger partial charge < -0.3 is 4.74 Å². The second-order valence-electron chi connectivity index (χ2n) is 3.89. The first-order valence-electron chi connectivity index (χ1n) is 5.60. The van der Waals surface area contributed by atoms with Crippen LogP contribution >= 0.6 is 15.9 Å². The van der Waals surface area contributed by atoms with Gasteiger partial charge in [0.2, 0.25) is 0 Å². The van der Waals surface area contributed by atoms with E-state index in [9.17, 15) is 0 Å². The topological polar surface area (TPSA) is 33.0 Å². The van der Waals surface area contributed by atoms with E-state index >= 15 is 0 Å². The number of nitrogens with zero attached hydrogens (tertiary/aromatic N) is 1. The molecule has 0 spiro atoms. The van der Waals surface area contributed by atoms with Crippen LogP contribution in [0.15, 0.2) is 53.0 Å². The maximum Gasteiger partial charge on any atom is 0.0991 e. The first-order valence-corrected chi connectivity index (χ1v) is 6.39. The highest BCUT2D eigenvalue weighted by Crippen LogP contribution is 2.17. The summed E-state index contributed by atoms with van der Waals surface area (Å²) < 4.78 is 6.71. The summed E-state index contributed by atoms with van der Waals surface area (Å²) >= 11 is 3.49. The molecule has 0 bridgehead atoms. The summed E-state index contributed by atoms with van der Waals surface area (Å²) in [6.45, 7) is 1.12.